The van der Waals surface area contributed by atoms with Crippen LogP contribution in [0.5, 0.6) is 5.75 Å². The van der Waals surface area contributed by atoms with Gasteiger partial charge >= 0.3 is 0 Å². The van der Waals surface area contributed by atoms with Crippen molar-refractivity contribution in [3.8, 4) is 5.75 Å². The van der Waals surface area contributed by atoms with Gasteiger partial charge in [0.1, 0.15) is 5.75 Å². The van der Waals surface area contributed by atoms with E-state index in [1.807, 2.05) is 54.7 Å². The molecule has 0 bridgehead atoms. The van der Waals surface area contributed by atoms with Crippen molar-refractivity contribution >= 4 is 23.2 Å². The van der Waals surface area contributed by atoms with Crippen LogP contribution in [0.15, 0.2) is 83.9 Å². The number of nitrogens with zero attached hydrogens (tertiary/aromatic N) is 3. The predicted octanol–water partition coefficient (Wildman–Crippen LogP) is 6.26. The van der Waals surface area contributed by atoms with Gasteiger partial charge in [0, 0.05) is 6.21 Å². The standard InChI is InChI=1S/C26H27N3O/c1-20(2)16-17-30-23-14-12-21(13-15-23)18-27-26-28-24-10-6-7-11-25(24)29(26)19-22-8-4-3-5-9-22/h3-15,18,20H,16-17,19H2,1-2H3. The predicted molar refractivity (Wildman–Crippen MR) is 124 cm³/mol. The van der Waals surface area contributed by atoms with E-state index in [4.69, 9.17) is 14.7 Å². The highest BCUT2D eigenvalue weighted by Gasteiger charge is 2.09. The summed E-state index contributed by atoms with van der Waals surface area (Å²) in [6.45, 7) is 5.88. The highest BCUT2D eigenvalue weighted by atomic mass is 16.5. The van der Waals surface area contributed by atoms with Crippen LogP contribution in [0, 0.1) is 5.92 Å². The maximum Gasteiger partial charge on any atom is 0.230 e. The van der Waals surface area contributed by atoms with Crippen molar-refractivity contribution < 1.29 is 4.74 Å². The van der Waals surface area contributed by atoms with E-state index in [1.165, 1.54) is 5.56 Å². The first kappa shape index (κ1) is 19.9. The fourth-order valence-electron chi connectivity index (χ4n) is 3.28. The molecule has 4 aromatic rings. The van der Waals surface area contributed by atoms with Crippen LogP contribution < -0.4 is 4.74 Å². The number of rotatable bonds is 8. The lowest BCUT2D eigenvalue weighted by atomic mass is 10.1. The fraction of sp³-hybridized carbons (Fsp3) is 0.231. The van der Waals surface area contributed by atoms with Gasteiger partial charge in [-0.15, -0.1) is 0 Å². The number of aliphatic imine (C=N–C) groups is 1. The van der Waals surface area contributed by atoms with Gasteiger partial charge in [-0.25, -0.2) is 9.98 Å². The lowest BCUT2D eigenvalue weighted by Crippen LogP contribution is -2.01. The zero-order valence-electron chi connectivity index (χ0n) is 17.5. The van der Waals surface area contributed by atoms with Crippen LogP contribution in [0.1, 0.15) is 31.4 Å². The zero-order chi connectivity index (χ0) is 20.8. The minimum absolute atomic E-state index is 0.645. The Bertz CT molecular complexity index is 1110. The molecule has 0 radical (unpaired) electrons. The Balaban J connectivity index is 1.54. The molecule has 0 aliphatic heterocycles. The normalized spacial score (nSPS) is 11.6. The molecule has 30 heavy (non-hydrogen) atoms. The van der Waals surface area contributed by atoms with Crippen molar-refractivity contribution in [3.05, 3.63) is 90.0 Å². The van der Waals surface area contributed by atoms with E-state index in [-0.39, 0.29) is 0 Å². The molecule has 0 N–H and O–H groups in total. The Kier molecular flexibility index (Phi) is 6.23. The maximum absolute atomic E-state index is 5.80. The summed E-state index contributed by atoms with van der Waals surface area (Å²) in [7, 11) is 0. The summed E-state index contributed by atoms with van der Waals surface area (Å²) in [4.78, 5) is 9.45. The molecule has 0 saturated heterocycles. The van der Waals surface area contributed by atoms with Crippen molar-refractivity contribution in [3.63, 3.8) is 0 Å². The minimum Gasteiger partial charge on any atom is -0.494 e. The van der Waals surface area contributed by atoms with Crippen molar-refractivity contribution in [2.45, 2.75) is 26.8 Å². The number of imidazole rings is 1. The van der Waals surface area contributed by atoms with Crippen LogP contribution >= 0.6 is 0 Å². The molecular formula is C26H27N3O. The number of aromatic nitrogens is 2. The highest BCUT2D eigenvalue weighted by Crippen LogP contribution is 2.23. The quantitative estimate of drug-likeness (QED) is 0.329. The van der Waals surface area contributed by atoms with Crippen LogP contribution in [0.25, 0.3) is 11.0 Å². The van der Waals surface area contributed by atoms with Gasteiger partial charge in [-0.3, -0.25) is 0 Å². The molecule has 4 heteroatoms. The largest absolute Gasteiger partial charge is 0.494 e. The van der Waals surface area contributed by atoms with Crippen molar-refractivity contribution in [1.29, 1.82) is 0 Å². The maximum atomic E-state index is 5.80. The Labute approximate surface area is 177 Å². The second kappa shape index (κ2) is 9.40. The van der Waals surface area contributed by atoms with Gasteiger partial charge in [0.15, 0.2) is 0 Å². The van der Waals surface area contributed by atoms with E-state index in [1.54, 1.807) is 0 Å². The molecule has 0 amide bonds. The first-order valence-electron chi connectivity index (χ1n) is 10.4. The smallest absolute Gasteiger partial charge is 0.230 e. The molecule has 0 aliphatic rings. The van der Waals surface area contributed by atoms with E-state index >= 15 is 0 Å². The molecule has 0 fully saturated rings. The molecule has 1 aromatic heterocycles. The van der Waals surface area contributed by atoms with Crippen molar-refractivity contribution in [1.82, 2.24) is 9.55 Å². The zero-order valence-corrected chi connectivity index (χ0v) is 17.5. The molecule has 3 aromatic carbocycles. The summed E-state index contributed by atoms with van der Waals surface area (Å²) in [5, 5.41) is 0. The topological polar surface area (TPSA) is 39.4 Å². The van der Waals surface area contributed by atoms with E-state index in [9.17, 15) is 0 Å². The van der Waals surface area contributed by atoms with E-state index < -0.39 is 0 Å². The molecule has 1 heterocycles. The Morgan fingerprint density at radius 3 is 2.43 bits per heavy atom. The summed E-state index contributed by atoms with van der Waals surface area (Å²) in [5.74, 6) is 2.24. The van der Waals surface area contributed by atoms with Gasteiger partial charge in [-0.05, 0) is 59.9 Å². The number of para-hydroxylation sites is 2. The number of hydrogen-bond donors (Lipinski definition) is 0. The summed E-state index contributed by atoms with van der Waals surface area (Å²) in [6, 6.07) is 26.6. The summed E-state index contributed by atoms with van der Waals surface area (Å²) in [5.41, 5.74) is 4.28. The van der Waals surface area contributed by atoms with Gasteiger partial charge in [-0.2, -0.15) is 0 Å². The second-order valence-corrected chi connectivity index (χ2v) is 7.83. The first-order valence-corrected chi connectivity index (χ1v) is 10.4. The Morgan fingerprint density at radius 1 is 0.933 bits per heavy atom. The summed E-state index contributed by atoms with van der Waals surface area (Å²) < 4.78 is 7.96. The third kappa shape index (κ3) is 4.95. The van der Waals surface area contributed by atoms with Gasteiger partial charge in [-0.1, -0.05) is 56.3 Å². The minimum atomic E-state index is 0.645. The van der Waals surface area contributed by atoms with Crippen LogP contribution in [0.2, 0.25) is 0 Å². The van der Waals surface area contributed by atoms with Gasteiger partial charge in [0.05, 0.1) is 24.2 Å². The molecule has 0 aliphatic carbocycles. The molecular weight excluding hydrogens is 370 g/mol. The van der Waals surface area contributed by atoms with E-state index in [2.05, 4.69) is 48.7 Å². The van der Waals surface area contributed by atoms with Crippen LogP contribution in [-0.2, 0) is 6.54 Å². The molecule has 0 unspecified atom stereocenters. The summed E-state index contributed by atoms with van der Waals surface area (Å²) in [6.07, 6.45) is 2.92. The van der Waals surface area contributed by atoms with Gasteiger partial charge in [0.25, 0.3) is 0 Å². The van der Waals surface area contributed by atoms with Crippen LogP contribution in [0.3, 0.4) is 0 Å². The molecule has 4 rings (SSSR count). The molecule has 0 atom stereocenters. The number of ether oxygens (including phenoxy) is 1. The molecule has 0 saturated carbocycles. The van der Waals surface area contributed by atoms with Crippen LogP contribution in [-0.4, -0.2) is 22.4 Å². The monoisotopic (exact) mass is 397 g/mol. The second-order valence-electron chi connectivity index (χ2n) is 7.83. The average Bonchev–Trinajstić information content (AvgIpc) is 3.11. The Hall–Kier alpha value is -3.40. The molecule has 152 valence electrons. The van der Waals surface area contributed by atoms with Gasteiger partial charge in [0.2, 0.25) is 5.95 Å². The number of fused-ring (bicyclic) bond motifs is 1. The molecule has 4 nitrogen and oxygen atoms in total. The summed E-state index contributed by atoms with van der Waals surface area (Å²) >= 11 is 0. The lowest BCUT2D eigenvalue weighted by Gasteiger charge is -2.08. The SMILES string of the molecule is CC(C)CCOc1ccc(C=Nc2nc3ccccc3n2Cc2ccccc2)cc1. The fourth-order valence-corrected chi connectivity index (χ4v) is 3.28. The highest BCUT2D eigenvalue weighted by molar-refractivity contribution is 5.84. The lowest BCUT2D eigenvalue weighted by molar-refractivity contribution is 0.289. The Morgan fingerprint density at radius 2 is 1.67 bits per heavy atom. The van der Waals surface area contributed by atoms with E-state index in [0.29, 0.717) is 11.9 Å². The van der Waals surface area contributed by atoms with E-state index in [0.717, 1.165) is 41.9 Å². The number of benzene rings is 3. The third-order valence-electron chi connectivity index (χ3n) is 4.99. The van der Waals surface area contributed by atoms with Crippen molar-refractivity contribution in [2.24, 2.45) is 10.9 Å². The number of hydrogen-bond acceptors (Lipinski definition) is 3. The molecule has 0 spiro atoms. The third-order valence-corrected chi connectivity index (χ3v) is 4.99. The van der Waals surface area contributed by atoms with Gasteiger partial charge < -0.3 is 9.30 Å². The average molecular weight is 398 g/mol. The van der Waals surface area contributed by atoms with Crippen molar-refractivity contribution in [2.75, 3.05) is 6.61 Å². The van der Waals surface area contributed by atoms with Crippen LogP contribution in [0.4, 0.5) is 5.95 Å². The first-order chi connectivity index (χ1) is 14.7.